The highest BCUT2D eigenvalue weighted by Crippen LogP contribution is 2.30. The number of aliphatic hydroxyl groups excluding tert-OH is 1. The van der Waals surface area contributed by atoms with Crippen LogP contribution < -0.4 is 5.32 Å². The fourth-order valence-corrected chi connectivity index (χ4v) is 2.64. The van der Waals surface area contributed by atoms with E-state index in [4.69, 9.17) is 0 Å². The highest BCUT2D eigenvalue weighted by atomic mass is 19.4. The predicted molar refractivity (Wildman–Crippen MR) is 96.9 cm³/mol. The number of hydrogen-bond donors (Lipinski definition) is 2. The fraction of sp³-hybridized carbons (Fsp3) is 0.333. The number of alkyl halides is 3. The number of nitrogens with one attached hydrogen (secondary N) is 1. The van der Waals surface area contributed by atoms with Gasteiger partial charge in [0.1, 0.15) is 17.3 Å². The third-order valence-corrected chi connectivity index (χ3v) is 4.14. The van der Waals surface area contributed by atoms with Crippen molar-refractivity contribution in [2.45, 2.75) is 32.5 Å². The SMILES string of the molecule is CCC(CO)n1cc(-c2cc(C)cc(Nc3cc(C(F)(F)F)ccn3)n2)nn1. The molecular formula is C18H19F3N6O. The molecule has 0 aromatic carbocycles. The van der Waals surface area contributed by atoms with E-state index in [1.54, 1.807) is 23.0 Å². The van der Waals surface area contributed by atoms with E-state index in [0.29, 0.717) is 23.6 Å². The van der Waals surface area contributed by atoms with Crippen LogP contribution in [0.5, 0.6) is 0 Å². The molecule has 10 heteroatoms. The van der Waals surface area contributed by atoms with E-state index in [-0.39, 0.29) is 18.5 Å². The first-order chi connectivity index (χ1) is 13.3. The summed E-state index contributed by atoms with van der Waals surface area (Å²) in [6.07, 6.45) is -0.994. The number of nitrogens with zero attached hydrogens (tertiary/aromatic N) is 5. The van der Waals surface area contributed by atoms with Gasteiger partial charge in [0.25, 0.3) is 0 Å². The van der Waals surface area contributed by atoms with E-state index in [0.717, 1.165) is 23.9 Å². The second-order valence-electron chi connectivity index (χ2n) is 6.30. The number of aromatic nitrogens is 5. The van der Waals surface area contributed by atoms with E-state index in [1.807, 2.05) is 13.8 Å². The van der Waals surface area contributed by atoms with Crippen molar-refractivity contribution in [3.63, 3.8) is 0 Å². The Labute approximate surface area is 159 Å². The number of anilines is 2. The summed E-state index contributed by atoms with van der Waals surface area (Å²) in [6.45, 7) is 3.70. The lowest BCUT2D eigenvalue weighted by atomic mass is 10.2. The molecule has 28 heavy (non-hydrogen) atoms. The summed E-state index contributed by atoms with van der Waals surface area (Å²) in [7, 11) is 0. The minimum Gasteiger partial charge on any atom is -0.394 e. The maximum absolute atomic E-state index is 12.9. The van der Waals surface area contributed by atoms with Crippen molar-refractivity contribution < 1.29 is 18.3 Å². The van der Waals surface area contributed by atoms with Gasteiger partial charge >= 0.3 is 6.18 Å². The first-order valence-electron chi connectivity index (χ1n) is 8.62. The molecule has 0 fully saturated rings. The lowest BCUT2D eigenvalue weighted by Crippen LogP contribution is -2.12. The van der Waals surface area contributed by atoms with E-state index in [1.165, 1.54) is 0 Å². The van der Waals surface area contributed by atoms with Gasteiger partial charge < -0.3 is 10.4 Å². The highest BCUT2D eigenvalue weighted by Gasteiger charge is 2.30. The molecule has 0 amide bonds. The second-order valence-corrected chi connectivity index (χ2v) is 6.30. The monoisotopic (exact) mass is 392 g/mol. The predicted octanol–water partition coefficient (Wildman–Crippen LogP) is 3.75. The Kier molecular flexibility index (Phi) is 5.59. The number of hydrogen-bond acceptors (Lipinski definition) is 6. The summed E-state index contributed by atoms with van der Waals surface area (Å²) >= 11 is 0. The molecule has 3 aromatic heterocycles. The molecule has 0 aliphatic heterocycles. The summed E-state index contributed by atoms with van der Waals surface area (Å²) in [5.74, 6) is 0.374. The lowest BCUT2D eigenvalue weighted by molar-refractivity contribution is -0.137. The van der Waals surface area contributed by atoms with E-state index < -0.39 is 11.7 Å². The first-order valence-corrected chi connectivity index (χ1v) is 8.62. The number of halogens is 3. The smallest absolute Gasteiger partial charge is 0.394 e. The summed E-state index contributed by atoms with van der Waals surface area (Å²) in [6, 6.07) is 5.13. The maximum atomic E-state index is 12.9. The van der Waals surface area contributed by atoms with Gasteiger partial charge in [-0.25, -0.2) is 14.6 Å². The molecule has 1 unspecified atom stereocenters. The van der Waals surface area contributed by atoms with E-state index in [2.05, 4.69) is 25.6 Å². The Morgan fingerprint density at radius 1 is 1.18 bits per heavy atom. The van der Waals surface area contributed by atoms with Crippen LogP contribution in [-0.2, 0) is 6.18 Å². The van der Waals surface area contributed by atoms with Gasteiger partial charge in [0, 0.05) is 6.20 Å². The Hall–Kier alpha value is -3.01. The van der Waals surface area contributed by atoms with Crippen molar-refractivity contribution in [3.05, 3.63) is 47.8 Å². The van der Waals surface area contributed by atoms with Crippen molar-refractivity contribution in [2.24, 2.45) is 0 Å². The average molecular weight is 392 g/mol. The maximum Gasteiger partial charge on any atom is 0.416 e. The quantitative estimate of drug-likeness (QED) is 0.664. The van der Waals surface area contributed by atoms with Crippen LogP contribution >= 0.6 is 0 Å². The largest absolute Gasteiger partial charge is 0.416 e. The molecule has 0 bridgehead atoms. The molecule has 1 atom stereocenters. The van der Waals surface area contributed by atoms with Gasteiger partial charge in [0.15, 0.2) is 0 Å². The van der Waals surface area contributed by atoms with Gasteiger partial charge in [0.2, 0.25) is 0 Å². The zero-order chi connectivity index (χ0) is 20.3. The molecule has 3 heterocycles. The molecule has 0 saturated heterocycles. The molecule has 7 nitrogen and oxygen atoms in total. The lowest BCUT2D eigenvalue weighted by Gasteiger charge is -2.11. The first kappa shape index (κ1) is 19.7. The minimum absolute atomic E-state index is 0.0360. The van der Waals surface area contributed by atoms with Crippen molar-refractivity contribution in [1.82, 2.24) is 25.0 Å². The minimum atomic E-state index is -4.45. The molecule has 0 radical (unpaired) electrons. The average Bonchev–Trinajstić information content (AvgIpc) is 3.12. The number of pyridine rings is 2. The molecule has 0 saturated carbocycles. The van der Waals surface area contributed by atoms with Gasteiger partial charge in [-0.15, -0.1) is 5.10 Å². The van der Waals surface area contributed by atoms with Crippen LogP contribution in [0.25, 0.3) is 11.4 Å². The Morgan fingerprint density at radius 3 is 2.64 bits per heavy atom. The molecule has 0 aliphatic carbocycles. The topological polar surface area (TPSA) is 88.8 Å². The molecule has 3 rings (SSSR count). The van der Waals surface area contributed by atoms with Gasteiger partial charge in [-0.1, -0.05) is 12.1 Å². The second kappa shape index (κ2) is 7.93. The van der Waals surface area contributed by atoms with Crippen molar-refractivity contribution in [3.8, 4) is 11.4 Å². The highest BCUT2D eigenvalue weighted by molar-refractivity contribution is 5.61. The summed E-state index contributed by atoms with van der Waals surface area (Å²) in [5.41, 5.74) is 1.04. The summed E-state index contributed by atoms with van der Waals surface area (Å²) in [4.78, 5) is 8.32. The Balaban J connectivity index is 1.88. The van der Waals surface area contributed by atoms with Gasteiger partial charge in [-0.2, -0.15) is 13.2 Å². The third kappa shape index (κ3) is 4.45. The zero-order valence-corrected chi connectivity index (χ0v) is 15.3. The van der Waals surface area contributed by atoms with Crippen LogP contribution in [0, 0.1) is 6.92 Å². The molecule has 3 aromatic rings. The molecule has 148 valence electrons. The van der Waals surface area contributed by atoms with Gasteiger partial charge in [0.05, 0.1) is 30.1 Å². The molecule has 0 aliphatic rings. The van der Waals surface area contributed by atoms with Crippen molar-refractivity contribution >= 4 is 11.6 Å². The van der Waals surface area contributed by atoms with Crippen LogP contribution in [0.3, 0.4) is 0 Å². The summed E-state index contributed by atoms with van der Waals surface area (Å²) < 4.78 is 40.2. The van der Waals surface area contributed by atoms with E-state index >= 15 is 0 Å². The number of aliphatic hydroxyl groups is 1. The Bertz CT molecular complexity index is 952. The van der Waals surface area contributed by atoms with Gasteiger partial charge in [-0.05, 0) is 43.2 Å². The Morgan fingerprint density at radius 2 is 1.96 bits per heavy atom. The molecule has 2 N–H and O–H groups in total. The van der Waals surface area contributed by atoms with Crippen LogP contribution in [0.2, 0.25) is 0 Å². The van der Waals surface area contributed by atoms with Crippen molar-refractivity contribution in [2.75, 3.05) is 11.9 Å². The zero-order valence-electron chi connectivity index (χ0n) is 15.3. The normalized spacial score (nSPS) is 12.8. The van der Waals surface area contributed by atoms with Crippen LogP contribution in [0.1, 0.15) is 30.5 Å². The van der Waals surface area contributed by atoms with Crippen molar-refractivity contribution in [1.29, 1.82) is 0 Å². The number of rotatable bonds is 6. The van der Waals surface area contributed by atoms with Crippen LogP contribution in [0.4, 0.5) is 24.8 Å². The summed E-state index contributed by atoms with van der Waals surface area (Å²) in [5, 5.41) is 20.3. The standard InChI is InChI=1S/C18H19F3N6O/c1-3-13(10-28)27-9-15(25-26-27)14-6-11(2)7-17(23-14)24-16-8-12(4-5-22-16)18(19,20)21/h4-9,13,28H,3,10H2,1-2H3,(H,22,23,24). The van der Waals surface area contributed by atoms with E-state index in [9.17, 15) is 18.3 Å². The van der Waals surface area contributed by atoms with Crippen LogP contribution in [0.15, 0.2) is 36.7 Å². The third-order valence-electron chi connectivity index (χ3n) is 4.14. The number of aryl methyl sites for hydroxylation is 1. The molecular weight excluding hydrogens is 373 g/mol. The van der Waals surface area contributed by atoms with Crippen LogP contribution in [-0.4, -0.2) is 36.7 Å². The fourth-order valence-electron chi connectivity index (χ4n) is 2.64. The molecule has 0 spiro atoms. The van der Waals surface area contributed by atoms with Gasteiger partial charge in [-0.3, -0.25) is 0 Å².